The molecule has 7 rings (SSSR count). The Morgan fingerprint density at radius 3 is 2.34 bits per heavy atom. The molecule has 3 fully saturated rings. The van der Waals surface area contributed by atoms with Crippen LogP contribution in [0.3, 0.4) is 0 Å². The van der Waals surface area contributed by atoms with Gasteiger partial charge in [-0.2, -0.15) is 0 Å². The lowest BCUT2D eigenvalue weighted by molar-refractivity contribution is -0.145. The fourth-order valence-electron chi connectivity index (χ4n) is 8.99. The molecule has 15 nitrogen and oxygen atoms in total. The number of nitrogens with zero attached hydrogens (tertiary/aromatic N) is 5. The zero-order valence-electron chi connectivity index (χ0n) is 34.0. The van der Waals surface area contributed by atoms with Crippen molar-refractivity contribution in [2.45, 2.75) is 96.2 Å². The number of urea groups is 1. The van der Waals surface area contributed by atoms with Crippen molar-refractivity contribution in [2.24, 2.45) is 0 Å². The summed E-state index contributed by atoms with van der Waals surface area (Å²) in [5.41, 5.74) is 4.44. The summed E-state index contributed by atoms with van der Waals surface area (Å²) in [5, 5.41) is 3.05. The van der Waals surface area contributed by atoms with E-state index in [1.54, 1.807) is 11.0 Å². The number of fused-ring (bicyclic) bond motifs is 2. The van der Waals surface area contributed by atoms with E-state index in [2.05, 4.69) is 27.0 Å². The summed E-state index contributed by atoms with van der Waals surface area (Å²) >= 11 is 0. The minimum atomic E-state index is -1.07. The normalized spacial score (nSPS) is 19.4. The van der Waals surface area contributed by atoms with Crippen LogP contribution in [0.15, 0.2) is 45.6 Å². The van der Waals surface area contributed by atoms with Crippen LogP contribution >= 0.6 is 0 Å². The summed E-state index contributed by atoms with van der Waals surface area (Å²) in [6.07, 6.45) is 6.37. The van der Waals surface area contributed by atoms with E-state index >= 15 is 0 Å². The van der Waals surface area contributed by atoms with Gasteiger partial charge in [0.2, 0.25) is 0 Å². The number of carbonyl (C=O) groups is 4. The quantitative estimate of drug-likeness (QED) is 0.182. The number of unbranched alkanes of at least 4 members (excludes halogenated alkanes) is 3. The highest BCUT2D eigenvalue weighted by Crippen LogP contribution is 2.27. The molecule has 314 valence electrons. The van der Waals surface area contributed by atoms with Crippen molar-refractivity contribution in [1.82, 2.24) is 29.5 Å². The number of hydrogen-bond donors (Lipinski definition) is 2. The van der Waals surface area contributed by atoms with Gasteiger partial charge in [-0.1, -0.05) is 50.5 Å². The first kappa shape index (κ1) is 41.3. The maximum absolute atomic E-state index is 14.3. The smallest absolute Gasteiger partial charge is 0.417 e. The molecule has 1 atom stereocenters. The topological polar surface area (TPSA) is 161 Å². The number of aromatic nitrogens is 1. The third-order valence-electron chi connectivity index (χ3n) is 12.3. The molecule has 4 aliphatic rings. The van der Waals surface area contributed by atoms with Crippen molar-refractivity contribution in [1.29, 1.82) is 0 Å². The van der Waals surface area contributed by atoms with Crippen molar-refractivity contribution in [3.05, 3.63) is 63.6 Å². The molecule has 0 radical (unpaired) electrons. The number of hydrogen-bond acceptors (Lipinski definition) is 10. The second kappa shape index (κ2) is 19.2. The van der Waals surface area contributed by atoms with Crippen LogP contribution in [0.1, 0.15) is 75.0 Å². The molecule has 0 unspecified atom stereocenters. The number of benzene rings is 2. The number of anilines is 1. The number of rotatable bonds is 13. The number of piperazine rings is 1. The molecule has 1 aromatic heterocycles. The average Bonchev–Trinajstić information content (AvgIpc) is 3.53. The lowest BCUT2D eigenvalue weighted by Gasteiger charge is -2.43. The first-order chi connectivity index (χ1) is 28.1. The molecule has 2 N–H and O–H groups in total. The number of nitrogens with one attached hydrogen (secondary N) is 2. The molecule has 0 aliphatic carbocycles. The van der Waals surface area contributed by atoms with Crippen LogP contribution in [-0.2, 0) is 31.9 Å². The fourth-order valence-corrected chi connectivity index (χ4v) is 8.99. The minimum Gasteiger partial charge on any atom is -0.465 e. The molecule has 58 heavy (non-hydrogen) atoms. The number of carbonyl (C=O) groups excluding carboxylic acids is 4. The molecule has 3 aromatic rings. The monoisotopic (exact) mass is 801 g/mol. The number of ether oxygens (including phenoxy) is 2. The second-order valence-electron chi connectivity index (χ2n) is 16.3. The van der Waals surface area contributed by atoms with Crippen molar-refractivity contribution in [2.75, 3.05) is 77.4 Å². The minimum absolute atomic E-state index is 0.0209. The summed E-state index contributed by atoms with van der Waals surface area (Å²) in [5.74, 6) is -0.952. The molecule has 0 saturated carbocycles. The van der Waals surface area contributed by atoms with Gasteiger partial charge in [0, 0.05) is 83.1 Å². The first-order valence-electron chi connectivity index (χ1n) is 21.3. The predicted octanol–water partition coefficient (Wildman–Crippen LogP) is 4.76. The van der Waals surface area contributed by atoms with Crippen LogP contribution in [-0.4, -0.2) is 144 Å². The van der Waals surface area contributed by atoms with Gasteiger partial charge in [-0.25, -0.2) is 14.4 Å². The van der Waals surface area contributed by atoms with Crippen molar-refractivity contribution < 1.29 is 33.1 Å². The van der Waals surface area contributed by atoms with Crippen molar-refractivity contribution in [3.8, 4) is 0 Å². The van der Waals surface area contributed by atoms with E-state index < -0.39 is 18.0 Å². The number of oxazole rings is 1. The van der Waals surface area contributed by atoms with Crippen LogP contribution in [0.2, 0.25) is 0 Å². The third kappa shape index (κ3) is 10.2. The molecule has 5 heterocycles. The molecule has 4 amide bonds. The third-order valence-corrected chi connectivity index (χ3v) is 12.3. The molecule has 4 aliphatic heterocycles. The van der Waals surface area contributed by atoms with Gasteiger partial charge in [0.25, 0.3) is 5.91 Å². The SMILES string of the molecule is CCCCCCOC(=O)CN1CCN(C2CCN(C(=O)[C@@H](Cc3cc(C)c4[nH]c(=O)oc4c3)OC(=O)N3CCC(N4CCc5ccccc5NC4=O)CC3)CC2)CC1. The lowest BCUT2D eigenvalue weighted by Crippen LogP contribution is -2.55. The molecular weight excluding hydrogens is 743 g/mol. The van der Waals surface area contributed by atoms with Gasteiger partial charge in [-0.3, -0.25) is 24.4 Å². The number of piperidine rings is 2. The molecule has 2 aromatic carbocycles. The van der Waals surface area contributed by atoms with E-state index in [9.17, 15) is 24.0 Å². The van der Waals surface area contributed by atoms with Crippen LogP contribution in [0.5, 0.6) is 0 Å². The summed E-state index contributed by atoms with van der Waals surface area (Å²) in [6, 6.07) is 11.6. The van der Waals surface area contributed by atoms with Gasteiger partial charge in [0.15, 0.2) is 11.7 Å². The number of H-pyrrole nitrogens is 1. The van der Waals surface area contributed by atoms with E-state index in [1.165, 1.54) is 0 Å². The molecule has 3 saturated heterocycles. The number of aromatic amines is 1. The van der Waals surface area contributed by atoms with E-state index in [-0.39, 0.29) is 30.4 Å². The first-order valence-corrected chi connectivity index (χ1v) is 21.3. The highest BCUT2D eigenvalue weighted by Gasteiger charge is 2.37. The number of amides is 4. The Hall–Kier alpha value is -4.89. The molecule has 0 bridgehead atoms. The average molecular weight is 802 g/mol. The maximum atomic E-state index is 14.3. The van der Waals surface area contributed by atoms with Crippen LogP contribution in [0.25, 0.3) is 11.1 Å². The van der Waals surface area contributed by atoms with Gasteiger partial charge in [0.05, 0.1) is 18.7 Å². The number of likely N-dealkylation sites (tertiary alicyclic amines) is 2. The van der Waals surface area contributed by atoms with Gasteiger partial charge in [-0.05, 0) is 74.3 Å². The van der Waals surface area contributed by atoms with Crippen LogP contribution < -0.4 is 11.1 Å². The summed E-state index contributed by atoms with van der Waals surface area (Å²) in [6.45, 7) is 10.6. The van der Waals surface area contributed by atoms with Crippen LogP contribution in [0, 0.1) is 6.92 Å². The standard InChI is InChI=1S/C43H59N7O8/c1-3-4-5-8-25-56-38(51)29-46-21-23-47(24-22-46)33-12-16-48(17-13-33)40(52)37(28-31-26-30(2)39-36(27-31)57-42(54)45-39)58-43(55)49-18-14-34(15-19-49)50-20-11-32-9-6-7-10-35(32)44-41(50)53/h6-7,9-10,26-27,33-34,37H,3-5,8,11-25,28-29H2,1-2H3,(H,44,53)(H,45,54)/t37-/m1/s1. The summed E-state index contributed by atoms with van der Waals surface area (Å²) in [4.78, 5) is 78.3. The molecular formula is C43H59N7O8. The highest BCUT2D eigenvalue weighted by molar-refractivity contribution is 5.91. The van der Waals surface area contributed by atoms with Crippen LogP contribution in [0.4, 0.5) is 15.3 Å². The van der Waals surface area contributed by atoms with Crippen molar-refractivity contribution >= 4 is 40.8 Å². The lowest BCUT2D eigenvalue weighted by atomic mass is 9.99. The zero-order chi connectivity index (χ0) is 40.6. The Balaban J connectivity index is 0.933. The fraction of sp³-hybridized carbons (Fsp3) is 0.605. The van der Waals surface area contributed by atoms with Gasteiger partial charge in [-0.15, -0.1) is 0 Å². The van der Waals surface area contributed by atoms with Gasteiger partial charge >= 0.3 is 23.8 Å². The highest BCUT2D eigenvalue weighted by atomic mass is 16.6. The largest absolute Gasteiger partial charge is 0.465 e. The Bertz CT molecular complexity index is 1960. The number of esters is 1. The second-order valence-corrected chi connectivity index (χ2v) is 16.3. The van der Waals surface area contributed by atoms with E-state index in [0.717, 1.165) is 93.5 Å². The zero-order valence-corrected chi connectivity index (χ0v) is 34.0. The predicted molar refractivity (Wildman–Crippen MR) is 219 cm³/mol. The Morgan fingerprint density at radius 1 is 0.862 bits per heavy atom. The Labute approximate surface area is 339 Å². The summed E-state index contributed by atoms with van der Waals surface area (Å²) < 4.78 is 16.9. The van der Waals surface area contributed by atoms with E-state index in [1.807, 2.05) is 47.1 Å². The summed E-state index contributed by atoms with van der Waals surface area (Å²) in [7, 11) is 0. The van der Waals surface area contributed by atoms with E-state index in [0.29, 0.717) is 75.9 Å². The van der Waals surface area contributed by atoms with E-state index in [4.69, 9.17) is 13.9 Å². The van der Waals surface area contributed by atoms with Crippen molar-refractivity contribution in [3.63, 3.8) is 0 Å². The molecule has 15 heteroatoms. The Morgan fingerprint density at radius 2 is 1.59 bits per heavy atom. The number of aryl methyl sites for hydroxylation is 1. The maximum Gasteiger partial charge on any atom is 0.417 e. The Kier molecular flexibility index (Phi) is 13.7. The van der Waals surface area contributed by atoms with Gasteiger partial charge < -0.3 is 33.9 Å². The number of para-hydroxylation sites is 1. The van der Waals surface area contributed by atoms with Gasteiger partial charge in [0.1, 0.15) is 0 Å². The molecule has 0 spiro atoms.